The molecule has 0 saturated carbocycles. The number of halogens is 3. The van der Waals surface area contributed by atoms with Gasteiger partial charge in [-0.3, -0.25) is 0 Å². The molecule has 1 aromatic heterocycles. The van der Waals surface area contributed by atoms with Crippen molar-refractivity contribution in [3.8, 4) is 0 Å². The molecule has 0 radical (unpaired) electrons. The lowest BCUT2D eigenvalue weighted by Gasteiger charge is -1.99. The zero-order valence-corrected chi connectivity index (χ0v) is 11.1. The summed E-state index contributed by atoms with van der Waals surface area (Å²) in [6.45, 7) is 1.99. The maximum absolute atomic E-state index is 6.23. The summed E-state index contributed by atoms with van der Waals surface area (Å²) in [6, 6.07) is 7.61. The van der Waals surface area contributed by atoms with Crippen molar-refractivity contribution in [2.24, 2.45) is 0 Å². The van der Waals surface area contributed by atoms with Gasteiger partial charge in [-0.2, -0.15) is 0 Å². The third-order valence-electron chi connectivity index (χ3n) is 2.82. The smallest absolute Gasteiger partial charge is 0.138 e. The molecule has 4 heteroatoms. The summed E-state index contributed by atoms with van der Waals surface area (Å²) in [5, 5.41) is 2.99. The number of para-hydroxylation sites is 1. The molecule has 0 bridgehead atoms. The molecule has 2 aromatic carbocycles. The van der Waals surface area contributed by atoms with Crippen LogP contribution in [0.2, 0.25) is 15.1 Å². The Labute approximate surface area is 113 Å². The lowest BCUT2D eigenvalue weighted by molar-refractivity contribution is 0.666. The number of rotatable bonds is 0. The number of fused-ring (bicyclic) bond motifs is 3. The van der Waals surface area contributed by atoms with Gasteiger partial charge in [-0.1, -0.05) is 53.0 Å². The van der Waals surface area contributed by atoms with Gasteiger partial charge in [0.1, 0.15) is 11.2 Å². The van der Waals surface area contributed by atoms with Crippen molar-refractivity contribution in [1.29, 1.82) is 0 Å². The highest BCUT2D eigenvalue weighted by Gasteiger charge is 2.16. The van der Waals surface area contributed by atoms with Crippen LogP contribution >= 0.6 is 34.8 Å². The fraction of sp³-hybridized carbons (Fsp3) is 0.0769. The Hall–Kier alpha value is -0.890. The van der Waals surface area contributed by atoms with E-state index in [1.165, 1.54) is 0 Å². The number of hydrogen-bond donors (Lipinski definition) is 0. The van der Waals surface area contributed by atoms with E-state index in [1.807, 2.05) is 25.1 Å². The summed E-state index contributed by atoms with van der Waals surface area (Å²) in [5.74, 6) is 0. The molecule has 0 fully saturated rings. The van der Waals surface area contributed by atoms with Crippen LogP contribution in [0.25, 0.3) is 21.9 Å². The molecule has 3 rings (SSSR count). The van der Waals surface area contributed by atoms with Crippen molar-refractivity contribution in [3.05, 3.63) is 44.9 Å². The van der Waals surface area contributed by atoms with Gasteiger partial charge in [-0.15, -0.1) is 0 Å². The predicted molar refractivity (Wildman–Crippen MR) is 73.5 cm³/mol. The van der Waals surface area contributed by atoms with E-state index in [9.17, 15) is 0 Å². The van der Waals surface area contributed by atoms with Crippen molar-refractivity contribution < 1.29 is 4.42 Å². The van der Waals surface area contributed by atoms with Gasteiger partial charge < -0.3 is 4.42 Å². The van der Waals surface area contributed by atoms with Crippen LogP contribution in [0.15, 0.2) is 28.7 Å². The Kier molecular flexibility index (Phi) is 2.51. The summed E-state index contributed by atoms with van der Waals surface area (Å²) in [7, 11) is 0. The van der Waals surface area contributed by atoms with Gasteiger partial charge in [0.15, 0.2) is 0 Å². The van der Waals surface area contributed by atoms with Crippen molar-refractivity contribution in [1.82, 2.24) is 0 Å². The third-order valence-corrected chi connectivity index (χ3v) is 4.08. The standard InChI is InChI=1S/C13H7Cl3O/c1-6-3-2-4-7-10-9(17-13(6)7)5-8(14)11(15)12(10)16/h2-5H,1H3. The van der Waals surface area contributed by atoms with Gasteiger partial charge in [0, 0.05) is 16.8 Å². The first-order chi connectivity index (χ1) is 8.09. The predicted octanol–water partition coefficient (Wildman–Crippen LogP) is 5.85. The van der Waals surface area contributed by atoms with Crippen LogP contribution < -0.4 is 0 Å². The molecule has 17 heavy (non-hydrogen) atoms. The van der Waals surface area contributed by atoms with Crippen LogP contribution in [0, 0.1) is 6.92 Å². The van der Waals surface area contributed by atoms with E-state index in [0.29, 0.717) is 20.7 Å². The molecule has 1 nitrogen and oxygen atoms in total. The Balaban J connectivity index is 2.62. The first-order valence-corrected chi connectivity index (χ1v) is 6.18. The molecule has 0 aliphatic carbocycles. The molecule has 0 N–H and O–H groups in total. The first-order valence-electron chi connectivity index (χ1n) is 5.05. The maximum atomic E-state index is 6.23. The van der Waals surface area contributed by atoms with Crippen molar-refractivity contribution in [2.75, 3.05) is 0 Å². The maximum Gasteiger partial charge on any atom is 0.138 e. The summed E-state index contributed by atoms with van der Waals surface area (Å²) in [5.41, 5.74) is 2.54. The number of furan rings is 1. The van der Waals surface area contributed by atoms with Gasteiger partial charge in [0.25, 0.3) is 0 Å². The third kappa shape index (κ3) is 1.54. The minimum absolute atomic E-state index is 0.366. The molecule has 0 aliphatic rings. The van der Waals surface area contributed by atoms with Gasteiger partial charge >= 0.3 is 0 Å². The van der Waals surface area contributed by atoms with Crippen LogP contribution in [0.3, 0.4) is 0 Å². The van der Waals surface area contributed by atoms with Crippen molar-refractivity contribution in [3.63, 3.8) is 0 Å². The number of hydrogen-bond acceptors (Lipinski definition) is 1. The Morgan fingerprint density at radius 2 is 1.82 bits per heavy atom. The zero-order chi connectivity index (χ0) is 12.2. The van der Waals surface area contributed by atoms with E-state index in [2.05, 4.69) is 0 Å². The van der Waals surface area contributed by atoms with Gasteiger partial charge in [0.2, 0.25) is 0 Å². The van der Waals surface area contributed by atoms with Crippen molar-refractivity contribution in [2.45, 2.75) is 6.92 Å². The van der Waals surface area contributed by atoms with E-state index in [1.54, 1.807) is 6.07 Å². The second-order valence-electron chi connectivity index (χ2n) is 3.91. The van der Waals surface area contributed by atoms with E-state index in [4.69, 9.17) is 39.2 Å². The zero-order valence-electron chi connectivity index (χ0n) is 8.85. The Morgan fingerprint density at radius 3 is 2.59 bits per heavy atom. The number of benzene rings is 2. The average Bonchev–Trinajstić information content (AvgIpc) is 2.66. The lowest BCUT2D eigenvalue weighted by atomic mass is 10.1. The molecule has 86 valence electrons. The summed E-state index contributed by atoms with van der Waals surface area (Å²) >= 11 is 18.3. The van der Waals surface area contributed by atoms with E-state index >= 15 is 0 Å². The molecule has 0 spiro atoms. The van der Waals surface area contributed by atoms with Gasteiger partial charge in [-0.25, -0.2) is 0 Å². The SMILES string of the molecule is Cc1cccc2c1oc1cc(Cl)c(Cl)c(Cl)c12. The van der Waals surface area contributed by atoms with E-state index < -0.39 is 0 Å². The second kappa shape index (κ2) is 3.81. The molecule has 3 aromatic rings. The van der Waals surface area contributed by atoms with Crippen molar-refractivity contribution >= 4 is 56.7 Å². The monoisotopic (exact) mass is 284 g/mol. The Bertz CT molecular complexity index is 743. The molecule has 0 atom stereocenters. The quantitative estimate of drug-likeness (QED) is 0.472. The molecule has 1 heterocycles. The lowest BCUT2D eigenvalue weighted by Crippen LogP contribution is -1.75. The minimum Gasteiger partial charge on any atom is -0.456 e. The summed E-state index contributed by atoms with van der Waals surface area (Å²) in [4.78, 5) is 0. The van der Waals surface area contributed by atoms with E-state index in [0.717, 1.165) is 21.9 Å². The fourth-order valence-corrected chi connectivity index (χ4v) is 2.69. The molecular formula is C13H7Cl3O. The first kappa shape index (κ1) is 11.2. The van der Waals surface area contributed by atoms with E-state index in [-0.39, 0.29) is 0 Å². The molecule has 0 saturated heterocycles. The van der Waals surface area contributed by atoms with Gasteiger partial charge in [-0.05, 0) is 12.5 Å². The summed E-state index contributed by atoms with van der Waals surface area (Å²) < 4.78 is 5.77. The van der Waals surface area contributed by atoms with Crippen LogP contribution in [0.5, 0.6) is 0 Å². The molecular weight excluding hydrogens is 279 g/mol. The van der Waals surface area contributed by atoms with Crippen LogP contribution in [-0.2, 0) is 0 Å². The average molecular weight is 286 g/mol. The summed E-state index contributed by atoms with van der Waals surface area (Å²) in [6.07, 6.45) is 0. The normalized spacial score (nSPS) is 11.5. The largest absolute Gasteiger partial charge is 0.456 e. The number of aryl methyl sites for hydroxylation is 1. The topological polar surface area (TPSA) is 13.1 Å². The Morgan fingerprint density at radius 1 is 1.06 bits per heavy atom. The van der Waals surface area contributed by atoms with Crippen LogP contribution in [0.1, 0.15) is 5.56 Å². The second-order valence-corrected chi connectivity index (χ2v) is 5.08. The highest BCUT2D eigenvalue weighted by atomic mass is 35.5. The molecule has 0 aliphatic heterocycles. The molecule has 0 amide bonds. The van der Waals surface area contributed by atoms with Gasteiger partial charge in [0.05, 0.1) is 15.1 Å². The molecule has 0 unspecified atom stereocenters. The van der Waals surface area contributed by atoms with Crippen LogP contribution in [-0.4, -0.2) is 0 Å². The fourth-order valence-electron chi connectivity index (χ4n) is 2.00. The highest BCUT2D eigenvalue weighted by Crippen LogP contribution is 2.42. The highest BCUT2D eigenvalue weighted by molar-refractivity contribution is 6.51. The van der Waals surface area contributed by atoms with Crippen LogP contribution in [0.4, 0.5) is 0 Å². The minimum atomic E-state index is 0.366.